The van der Waals surface area contributed by atoms with Gasteiger partial charge in [0.2, 0.25) is 0 Å². The van der Waals surface area contributed by atoms with Gasteiger partial charge in [0.25, 0.3) is 11.8 Å². The van der Waals surface area contributed by atoms with E-state index in [1.165, 1.54) is 0 Å². The minimum absolute atomic E-state index is 0.189. The van der Waals surface area contributed by atoms with Gasteiger partial charge in [-0.2, -0.15) is 0 Å². The Balaban J connectivity index is 1.54. The van der Waals surface area contributed by atoms with Gasteiger partial charge in [0.05, 0.1) is 20.3 Å². The molecule has 3 rings (SSSR count). The molecule has 0 saturated carbocycles. The molecule has 0 aliphatic carbocycles. The molecule has 2 amide bonds. The first-order valence-electron chi connectivity index (χ1n) is 10.6. The molecular formula is C26H28N2O5. The van der Waals surface area contributed by atoms with E-state index < -0.39 is 0 Å². The number of ether oxygens (including phenoxy) is 3. The lowest BCUT2D eigenvalue weighted by molar-refractivity contribution is -0.123. The summed E-state index contributed by atoms with van der Waals surface area (Å²) < 4.78 is 16.3. The Morgan fingerprint density at radius 3 is 2.39 bits per heavy atom. The fourth-order valence-corrected chi connectivity index (χ4v) is 3.29. The van der Waals surface area contributed by atoms with Gasteiger partial charge in [0.15, 0.2) is 6.61 Å². The van der Waals surface area contributed by atoms with Gasteiger partial charge in [-0.1, -0.05) is 36.4 Å². The van der Waals surface area contributed by atoms with Gasteiger partial charge in [-0.25, -0.2) is 0 Å². The molecule has 0 heterocycles. The van der Waals surface area contributed by atoms with Crippen LogP contribution >= 0.6 is 0 Å². The van der Waals surface area contributed by atoms with Crippen molar-refractivity contribution in [3.05, 3.63) is 89.5 Å². The summed E-state index contributed by atoms with van der Waals surface area (Å²) in [5, 5.41) is 5.77. The molecule has 0 aromatic heterocycles. The Labute approximate surface area is 193 Å². The topological polar surface area (TPSA) is 85.9 Å². The molecule has 0 aliphatic rings. The summed E-state index contributed by atoms with van der Waals surface area (Å²) in [6, 6.07) is 21.5. The van der Waals surface area contributed by atoms with Gasteiger partial charge in [-0.3, -0.25) is 9.59 Å². The van der Waals surface area contributed by atoms with Crippen molar-refractivity contribution >= 4 is 11.8 Å². The molecule has 0 radical (unpaired) electrons. The number of hydrogen-bond acceptors (Lipinski definition) is 5. The van der Waals surface area contributed by atoms with Crippen molar-refractivity contribution in [2.75, 3.05) is 20.8 Å². The maximum Gasteiger partial charge on any atom is 0.258 e. The Morgan fingerprint density at radius 2 is 1.67 bits per heavy atom. The van der Waals surface area contributed by atoms with Gasteiger partial charge >= 0.3 is 0 Å². The number of methoxy groups -OCH3 is 2. The van der Waals surface area contributed by atoms with E-state index in [1.807, 2.05) is 43.3 Å². The summed E-state index contributed by atoms with van der Waals surface area (Å²) in [7, 11) is 3.16. The Kier molecular flexibility index (Phi) is 8.30. The Bertz CT molecular complexity index is 1090. The highest BCUT2D eigenvalue weighted by Gasteiger charge is 2.16. The number of hydrogen-bond donors (Lipinski definition) is 2. The average molecular weight is 449 g/mol. The first-order chi connectivity index (χ1) is 16.0. The molecule has 33 heavy (non-hydrogen) atoms. The number of rotatable bonds is 10. The molecule has 0 saturated heterocycles. The third-order valence-corrected chi connectivity index (χ3v) is 5.04. The largest absolute Gasteiger partial charge is 0.497 e. The summed E-state index contributed by atoms with van der Waals surface area (Å²) >= 11 is 0. The first-order valence-corrected chi connectivity index (χ1v) is 10.6. The van der Waals surface area contributed by atoms with Crippen LogP contribution in [0.5, 0.6) is 17.2 Å². The molecule has 172 valence electrons. The van der Waals surface area contributed by atoms with Crippen molar-refractivity contribution < 1.29 is 23.8 Å². The van der Waals surface area contributed by atoms with Crippen molar-refractivity contribution in [2.24, 2.45) is 0 Å². The second kappa shape index (κ2) is 11.6. The second-order valence-corrected chi connectivity index (χ2v) is 7.38. The van der Waals surface area contributed by atoms with Crippen LogP contribution in [0, 0.1) is 0 Å². The molecule has 2 N–H and O–H groups in total. The highest BCUT2D eigenvalue weighted by atomic mass is 16.5. The maximum absolute atomic E-state index is 12.5. The van der Waals surface area contributed by atoms with E-state index in [0.717, 1.165) is 11.1 Å². The van der Waals surface area contributed by atoms with Gasteiger partial charge in [-0.05, 0) is 48.9 Å². The normalized spacial score (nSPS) is 11.2. The minimum atomic E-state index is -0.318. The summed E-state index contributed by atoms with van der Waals surface area (Å²) in [4.78, 5) is 24.9. The zero-order valence-electron chi connectivity index (χ0n) is 19.0. The number of carbonyl (C=O) groups excluding carboxylic acids is 2. The lowest BCUT2D eigenvalue weighted by atomic mass is 10.1. The van der Waals surface area contributed by atoms with Crippen molar-refractivity contribution in [3.63, 3.8) is 0 Å². The molecule has 0 fully saturated rings. The van der Waals surface area contributed by atoms with E-state index in [-0.39, 0.29) is 24.5 Å². The zero-order chi connectivity index (χ0) is 23.6. The molecule has 0 spiro atoms. The van der Waals surface area contributed by atoms with E-state index in [9.17, 15) is 9.59 Å². The fourth-order valence-electron chi connectivity index (χ4n) is 3.29. The first kappa shape index (κ1) is 23.7. The smallest absolute Gasteiger partial charge is 0.258 e. The average Bonchev–Trinajstić information content (AvgIpc) is 2.86. The van der Waals surface area contributed by atoms with Crippen LogP contribution in [0.2, 0.25) is 0 Å². The van der Waals surface area contributed by atoms with E-state index >= 15 is 0 Å². The molecular weight excluding hydrogens is 420 g/mol. The van der Waals surface area contributed by atoms with Crippen LogP contribution in [-0.2, 0) is 11.3 Å². The number of carbonyl (C=O) groups is 2. The molecule has 3 aromatic carbocycles. The van der Waals surface area contributed by atoms with Crippen LogP contribution < -0.4 is 24.8 Å². The van der Waals surface area contributed by atoms with Crippen molar-refractivity contribution in [1.29, 1.82) is 0 Å². The predicted octanol–water partition coefficient (Wildman–Crippen LogP) is 3.89. The molecule has 7 heteroatoms. The number of nitrogens with one attached hydrogen (secondary N) is 2. The fraction of sp³-hybridized carbons (Fsp3) is 0.231. The standard InChI is InChI=1S/C26H28N2O5/c1-18(23-15-21(31-2)12-13-24(23)32-3)28-25(29)17-33-22-11-7-10-20(14-22)26(30)27-16-19-8-5-4-6-9-19/h4-15,18H,16-17H2,1-3H3,(H,27,30)(H,28,29). The quantitative estimate of drug-likeness (QED) is 0.492. The highest BCUT2D eigenvalue weighted by Crippen LogP contribution is 2.29. The van der Waals surface area contributed by atoms with Crippen molar-refractivity contribution in [1.82, 2.24) is 10.6 Å². The van der Waals surface area contributed by atoms with Gasteiger partial charge < -0.3 is 24.8 Å². The van der Waals surface area contributed by atoms with Crippen molar-refractivity contribution in [2.45, 2.75) is 19.5 Å². The molecule has 0 bridgehead atoms. The van der Waals surface area contributed by atoms with Crippen LogP contribution in [0.15, 0.2) is 72.8 Å². The summed E-state index contributed by atoms with van der Waals surface area (Å²) in [5.74, 6) is 1.24. The van der Waals surface area contributed by atoms with Crippen LogP contribution in [0.25, 0.3) is 0 Å². The van der Waals surface area contributed by atoms with E-state index in [1.54, 1.807) is 50.6 Å². The Morgan fingerprint density at radius 1 is 0.879 bits per heavy atom. The monoisotopic (exact) mass is 448 g/mol. The highest BCUT2D eigenvalue weighted by molar-refractivity contribution is 5.94. The third kappa shape index (κ3) is 6.74. The van der Waals surface area contributed by atoms with Crippen LogP contribution in [-0.4, -0.2) is 32.6 Å². The molecule has 1 unspecified atom stereocenters. The lowest BCUT2D eigenvalue weighted by Crippen LogP contribution is -2.31. The van der Waals surface area contributed by atoms with E-state index in [2.05, 4.69) is 10.6 Å². The lowest BCUT2D eigenvalue weighted by Gasteiger charge is -2.18. The van der Waals surface area contributed by atoms with Crippen LogP contribution in [0.3, 0.4) is 0 Å². The predicted molar refractivity (Wildman–Crippen MR) is 126 cm³/mol. The summed E-state index contributed by atoms with van der Waals surface area (Å²) in [5.41, 5.74) is 2.26. The molecule has 0 aliphatic heterocycles. The summed E-state index contributed by atoms with van der Waals surface area (Å²) in [6.07, 6.45) is 0. The van der Waals surface area contributed by atoms with Crippen molar-refractivity contribution in [3.8, 4) is 17.2 Å². The molecule has 7 nitrogen and oxygen atoms in total. The SMILES string of the molecule is COc1ccc(OC)c(C(C)NC(=O)COc2cccc(C(=O)NCc3ccccc3)c2)c1. The van der Waals surface area contributed by atoms with E-state index in [0.29, 0.717) is 29.4 Å². The summed E-state index contributed by atoms with van der Waals surface area (Å²) in [6.45, 7) is 2.09. The van der Waals surface area contributed by atoms with Gasteiger partial charge in [-0.15, -0.1) is 0 Å². The third-order valence-electron chi connectivity index (χ3n) is 5.04. The maximum atomic E-state index is 12.5. The molecule has 3 aromatic rings. The zero-order valence-corrected chi connectivity index (χ0v) is 19.0. The van der Waals surface area contributed by atoms with Crippen LogP contribution in [0.4, 0.5) is 0 Å². The second-order valence-electron chi connectivity index (χ2n) is 7.38. The van der Waals surface area contributed by atoms with Crippen LogP contribution in [0.1, 0.15) is 34.5 Å². The molecule has 1 atom stereocenters. The number of amides is 2. The Hall–Kier alpha value is -4.00. The number of benzene rings is 3. The minimum Gasteiger partial charge on any atom is -0.497 e. The van der Waals surface area contributed by atoms with Gasteiger partial charge in [0.1, 0.15) is 17.2 Å². The van der Waals surface area contributed by atoms with Gasteiger partial charge in [0, 0.05) is 17.7 Å². The van der Waals surface area contributed by atoms with E-state index in [4.69, 9.17) is 14.2 Å².